The largest absolute Gasteiger partial charge is 0.271 e. The molecule has 1 aliphatic heterocycles. The summed E-state index contributed by atoms with van der Waals surface area (Å²) in [6, 6.07) is 23.6. The van der Waals surface area contributed by atoms with Gasteiger partial charge in [-0.05, 0) is 29.8 Å². The van der Waals surface area contributed by atoms with Gasteiger partial charge in [0.05, 0.1) is 22.5 Å². The molecule has 150 valence electrons. The van der Waals surface area contributed by atoms with Crippen LogP contribution in [-0.4, -0.2) is 22.1 Å². The lowest BCUT2D eigenvalue weighted by Gasteiger charge is -2.10. The number of hydrogen-bond acceptors (Lipinski definition) is 5. The van der Waals surface area contributed by atoms with Crippen molar-refractivity contribution < 1.29 is 4.79 Å². The van der Waals surface area contributed by atoms with Gasteiger partial charge >= 0.3 is 0 Å². The van der Waals surface area contributed by atoms with Gasteiger partial charge in [0.25, 0.3) is 5.91 Å². The molecule has 0 fully saturated rings. The van der Waals surface area contributed by atoms with E-state index in [4.69, 9.17) is 0 Å². The fourth-order valence-corrected chi connectivity index (χ4v) is 3.58. The molecule has 4 aromatic rings. The molecule has 6 heteroatoms. The highest BCUT2D eigenvalue weighted by Crippen LogP contribution is 2.27. The Morgan fingerprint density at radius 2 is 1.77 bits per heavy atom. The van der Waals surface area contributed by atoms with Crippen molar-refractivity contribution in [2.24, 2.45) is 16.0 Å². The van der Waals surface area contributed by atoms with Gasteiger partial charge in [0, 0.05) is 17.2 Å². The molecule has 1 atom stereocenters. The minimum Gasteiger partial charge on any atom is -0.271 e. The quantitative estimate of drug-likeness (QED) is 0.418. The Balaban J connectivity index is 1.48. The maximum atomic E-state index is 12.3. The highest BCUT2D eigenvalue weighted by molar-refractivity contribution is 6.00. The average molecular weight is 405 g/mol. The number of aromatic nitrogens is 2. The number of amides is 1. The van der Waals surface area contributed by atoms with Crippen molar-refractivity contribution in [2.75, 3.05) is 5.43 Å². The van der Waals surface area contributed by atoms with Crippen LogP contribution in [0.3, 0.4) is 0 Å². The predicted octanol–water partition coefficient (Wildman–Crippen LogP) is 3.26. The molecule has 0 saturated heterocycles. The van der Waals surface area contributed by atoms with Crippen LogP contribution in [0.25, 0.3) is 28.2 Å². The summed E-state index contributed by atoms with van der Waals surface area (Å²) in [5, 5.41) is 6.82. The molecule has 5 rings (SSSR count). The molecule has 1 amide bonds. The van der Waals surface area contributed by atoms with Crippen LogP contribution in [0.15, 0.2) is 82.9 Å². The fraction of sp³-hybridized carbons (Fsp3) is 0.0800. The highest BCUT2D eigenvalue weighted by atomic mass is 16.1. The van der Waals surface area contributed by atoms with Gasteiger partial charge < -0.3 is 0 Å². The summed E-state index contributed by atoms with van der Waals surface area (Å²) in [6.07, 6.45) is 3.39. The number of rotatable bonds is 4. The van der Waals surface area contributed by atoms with E-state index in [0.29, 0.717) is 11.3 Å². The zero-order chi connectivity index (χ0) is 21.2. The smallest absolute Gasteiger partial charge is 0.258 e. The first-order valence-corrected chi connectivity index (χ1v) is 10.00. The summed E-state index contributed by atoms with van der Waals surface area (Å²) in [6.45, 7) is 2.03. The summed E-state index contributed by atoms with van der Waals surface area (Å²) in [7, 11) is 0. The Hall–Kier alpha value is -4.19. The van der Waals surface area contributed by atoms with Crippen LogP contribution in [-0.2, 0) is 4.79 Å². The number of hydrogen-bond donors (Lipinski definition) is 1. The van der Waals surface area contributed by atoms with Crippen LogP contribution in [0.2, 0.25) is 0 Å². The van der Waals surface area contributed by atoms with Crippen LogP contribution in [0.4, 0.5) is 5.95 Å². The molecular weight excluding hydrogens is 386 g/mol. The number of para-hydroxylation sites is 1. The second-order valence-corrected chi connectivity index (χ2v) is 7.37. The molecule has 1 aromatic heterocycles. The Bertz CT molecular complexity index is 1440. The number of carbonyl (C=O) groups excluding carboxylic acids is 1. The average Bonchev–Trinajstić information content (AvgIpc) is 2.79. The van der Waals surface area contributed by atoms with Gasteiger partial charge in [0.1, 0.15) is 0 Å². The summed E-state index contributed by atoms with van der Waals surface area (Å²) in [4.78, 5) is 25.7. The third kappa shape index (κ3) is 3.83. The second kappa shape index (κ2) is 7.91. The lowest BCUT2D eigenvalue weighted by molar-refractivity contribution is -0.118. The molecule has 0 saturated carbocycles. The zero-order valence-electron chi connectivity index (χ0n) is 16.9. The number of fused-ring (bicyclic) bond motifs is 2. The van der Waals surface area contributed by atoms with Crippen LogP contribution >= 0.6 is 0 Å². The summed E-state index contributed by atoms with van der Waals surface area (Å²) in [5.74, 6) is -0.406. The highest BCUT2D eigenvalue weighted by Gasteiger charge is 2.16. The van der Waals surface area contributed by atoms with Crippen molar-refractivity contribution in [3.63, 3.8) is 0 Å². The lowest BCUT2D eigenvalue weighted by Crippen LogP contribution is -2.33. The van der Waals surface area contributed by atoms with E-state index in [2.05, 4.69) is 31.6 Å². The topological polar surface area (TPSA) is 79.6 Å². The van der Waals surface area contributed by atoms with Crippen molar-refractivity contribution >= 4 is 35.0 Å². The van der Waals surface area contributed by atoms with Crippen LogP contribution in [0.5, 0.6) is 0 Å². The molecular formula is C25H19N5O. The fourth-order valence-electron chi connectivity index (χ4n) is 3.58. The van der Waals surface area contributed by atoms with Gasteiger partial charge in [-0.3, -0.25) is 4.79 Å². The van der Waals surface area contributed by atoms with E-state index in [0.717, 1.165) is 32.9 Å². The van der Waals surface area contributed by atoms with Gasteiger partial charge in [0.2, 0.25) is 5.95 Å². The first kappa shape index (κ1) is 18.8. The van der Waals surface area contributed by atoms with Gasteiger partial charge in [-0.15, -0.1) is 0 Å². The first-order chi connectivity index (χ1) is 15.2. The Morgan fingerprint density at radius 3 is 2.65 bits per heavy atom. The molecule has 0 spiro atoms. The van der Waals surface area contributed by atoms with Gasteiger partial charge in [0.15, 0.2) is 0 Å². The normalized spacial score (nSPS) is 15.4. The van der Waals surface area contributed by atoms with Crippen molar-refractivity contribution in [1.29, 1.82) is 0 Å². The van der Waals surface area contributed by atoms with Gasteiger partial charge in [-0.2, -0.15) is 5.10 Å². The number of carbonyl (C=O) groups is 1. The first-order valence-electron chi connectivity index (χ1n) is 10.00. The maximum absolute atomic E-state index is 12.3. The molecule has 2 heterocycles. The molecule has 0 aliphatic carbocycles. The molecule has 1 aliphatic rings. The summed E-state index contributed by atoms with van der Waals surface area (Å²) in [5.41, 5.74) is 6.66. The van der Waals surface area contributed by atoms with E-state index in [-0.39, 0.29) is 5.91 Å². The minimum absolute atomic E-state index is 0.246. The molecule has 1 N–H and O–H groups in total. The van der Waals surface area contributed by atoms with Crippen LogP contribution in [0.1, 0.15) is 5.56 Å². The summed E-state index contributed by atoms with van der Waals surface area (Å²) >= 11 is 0. The number of hydrazone groups is 1. The number of nitrogens with one attached hydrogen (secondary N) is 1. The maximum Gasteiger partial charge on any atom is 0.258 e. The monoisotopic (exact) mass is 405 g/mol. The summed E-state index contributed by atoms with van der Waals surface area (Å²) < 4.78 is 0. The number of benzene rings is 3. The van der Waals surface area contributed by atoms with Crippen LogP contribution < -0.4 is 16.0 Å². The van der Waals surface area contributed by atoms with Crippen LogP contribution in [0, 0.1) is 12.8 Å². The number of nitrogens with zero attached hydrogens (tertiary/aromatic N) is 4. The van der Waals surface area contributed by atoms with Crippen molar-refractivity contribution in [3.05, 3.63) is 88.9 Å². The van der Waals surface area contributed by atoms with Crippen molar-refractivity contribution in [2.45, 2.75) is 6.92 Å². The zero-order valence-corrected chi connectivity index (χ0v) is 16.9. The SMILES string of the molecule is Cc1ccc2c(-c3ccccc3)nc(NN=CC3C=c4ccccc4=NC3=O)nc2c1. The second-order valence-electron chi connectivity index (χ2n) is 7.37. The van der Waals surface area contributed by atoms with Gasteiger partial charge in [-0.25, -0.2) is 20.4 Å². The van der Waals surface area contributed by atoms with Gasteiger partial charge in [-0.1, -0.05) is 66.7 Å². The van der Waals surface area contributed by atoms with E-state index < -0.39 is 5.92 Å². The Kier molecular flexibility index (Phi) is 4.80. The lowest BCUT2D eigenvalue weighted by atomic mass is 10.1. The number of aryl methyl sites for hydroxylation is 1. The predicted molar refractivity (Wildman–Crippen MR) is 122 cm³/mol. The molecule has 31 heavy (non-hydrogen) atoms. The van der Waals surface area contributed by atoms with Crippen molar-refractivity contribution in [1.82, 2.24) is 9.97 Å². The Labute approximate surface area is 178 Å². The van der Waals surface area contributed by atoms with E-state index in [1.807, 2.05) is 79.7 Å². The van der Waals surface area contributed by atoms with Crippen molar-refractivity contribution in [3.8, 4) is 11.3 Å². The molecule has 0 radical (unpaired) electrons. The standard InChI is InChI=1S/C25H19N5O/c1-16-11-12-20-22(13-16)28-25(29-23(20)17-7-3-2-4-8-17)30-26-15-19-14-18-9-5-6-10-21(18)27-24(19)31/h2-15,19H,1H3,(H,28,29,30). The van der Waals surface area contributed by atoms with E-state index in [1.165, 1.54) is 6.21 Å². The third-order valence-electron chi connectivity index (χ3n) is 5.11. The van der Waals surface area contributed by atoms with E-state index >= 15 is 0 Å². The molecule has 0 bridgehead atoms. The third-order valence-corrected chi connectivity index (χ3v) is 5.11. The van der Waals surface area contributed by atoms with E-state index in [1.54, 1.807) is 0 Å². The molecule has 6 nitrogen and oxygen atoms in total. The number of anilines is 1. The molecule has 3 aromatic carbocycles. The minimum atomic E-state index is -0.529. The van der Waals surface area contributed by atoms with E-state index in [9.17, 15) is 4.79 Å². The molecule has 1 unspecified atom stereocenters. The Morgan fingerprint density at radius 1 is 0.968 bits per heavy atom.